The molecule has 0 atom stereocenters. The van der Waals surface area contributed by atoms with Gasteiger partial charge in [-0.25, -0.2) is 13.1 Å². The summed E-state index contributed by atoms with van der Waals surface area (Å²) in [5.74, 6) is 0. The van der Waals surface area contributed by atoms with Crippen LogP contribution in [-0.4, -0.2) is 24.7 Å². The van der Waals surface area contributed by atoms with Crippen LogP contribution < -0.4 is 4.72 Å². The lowest BCUT2D eigenvalue weighted by Crippen LogP contribution is -2.27. The van der Waals surface area contributed by atoms with Crippen molar-refractivity contribution in [3.8, 4) is 0 Å². The maximum atomic E-state index is 12.3. The average molecular weight is 358 g/mol. The standard InChI is InChI=1S/C13H16BrN3O2S/c1-10-3-4-11(14)9-13(10)20(18,19)16-8-6-12-5-7-15-17(12)2/h3-5,7,9,16H,6,8H2,1-2H3. The highest BCUT2D eigenvalue weighted by Crippen LogP contribution is 2.20. The van der Waals surface area contributed by atoms with E-state index in [1.807, 2.05) is 19.2 Å². The lowest BCUT2D eigenvalue weighted by molar-refractivity contribution is 0.579. The molecule has 0 bridgehead atoms. The van der Waals surface area contributed by atoms with Crippen molar-refractivity contribution in [2.24, 2.45) is 7.05 Å². The summed E-state index contributed by atoms with van der Waals surface area (Å²) in [6.45, 7) is 2.12. The molecule has 2 rings (SSSR count). The molecule has 0 aliphatic rings. The van der Waals surface area contributed by atoms with Crippen LogP contribution in [-0.2, 0) is 23.5 Å². The zero-order chi connectivity index (χ0) is 14.8. The number of aromatic nitrogens is 2. The Bertz CT molecular complexity index is 710. The fourth-order valence-corrected chi connectivity index (χ4v) is 3.71. The fraction of sp³-hybridized carbons (Fsp3) is 0.308. The SMILES string of the molecule is Cc1ccc(Br)cc1S(=O)(=O)NCCc1ccnn1C. The van der Waals surface area contributed by atoms with Gasteiger partial charge in [0, 0.05) is 36.4 Å². The largest absolute Gasteiger partial charge is 0.273 e. The zero-order valence-corrected chi connectivity index (χ0v) is 13.7. The van der Waals surface area contributed by atoms with Crippen molar-refractivity contribution in [1.82, 2.24) is 14.5 Å². The van der Waals surface area contributed by atoms with Crippen LogP contribution in [0.3, 0.4) is 0 Å². The van der Waals surface area contributed by atoms with Gasteiger partial charge in [-0.05, 0) is 30.7 Å². The second-order valence-electron chi connectivity index (χ2n) is 4.50. The molecule has 1 heterocycles. The third kappa shape index (κ3) is 3.47. The molecule has 0 aliphatic carbocycles. The Labute approximate surface area is 127 Å². The van der Waals surface area contributed by atoms with Gasteiger partial charge in [-0.2, -0.15) is 5.10 Å². The first kappa shape index (κ1) is 15.2. The van der Waals surface area contributed by atoms with E-state index in [1.54, 1.807) is 29.9 Å². The van der Waals surface area contributed by atoms with Crippen LogP contribution in [0.5, 0.6) is 0 Å². The summed E-state index contributed by atoms with van der Waals surface area (Å²) in [5, 5.41) is 4.05. The number of nitrogens with zero attached hydrogens (tertiary/aromatic N) is 2. The Hall–Kier alpha value is -1.18. The molecule has 20 heavy (non-hydrogen) atoms. The lowest BCUT2D eigenvalue weighted by atomic mass is 10.2. The van der Waals surface area contributed by atoms with Gasteiger partial charge in [0.25, 0.3) is 0 Å². The van der Waals surface area contributed by atoms with Crippen LogP contribution >= 0.6 is 15.9 Å². The molecule has 1 aromatic heterocycles. The predicted molar refractivity (Wildman–Crippen MR) is 81.0 cm³/mol. The fourth-order valence-electron chi connectivity index (χ4n) is 1.90. The number of hydrogen-bond acceptors (Lipinski definition) is 3. The normalized spacial score (nSPS) is 11.8. The maximum Gasteiger partial charge on any atom is 0.240 e. The Morgan fingerprint density at radius 1 is 1.35 bits per heavy atom. The van der Waals surface area contributed by atoms with Crippen molar-refractivity contribution in [2.45, 2.75) is 18.2 Å². The first-order valence-corrected chi connectivity index (χ1v) is 8.40. The van der Waals surface area contributed by atoms with E-state index in [2.05, 4.69) is 25.8 Å². The Balaban J connectivity index is 2.08. The molecule has 0 spiro atoms. The molecule has 0 amide bonds. The van der Waals surface area contributed by atoms with Gasteiger partial charge in [0.1, 0.15) is 0 Å². The van der Waals surface area contributed by atoms with E-state index in [-0.39, 0.29) is 0 Å². The summed E-state index contributed by atoms with van der Waals surface area (Å²) >= 11 is 3.29. The van der Waals surface area contributed by atoms with E-state index in [9.17, 15) is 8.42 Å². The van der Waals surface area contributed by atoms with Gasteiger partial charge in [-0.3, -0.25) is 4.68 Å². The van der Waals surface area contributed by atoms with Crippen LogP contribution in [0.25, 0.3) is 0 Å². The first-order chi connectivity index (χ1) is 9.40. The van der Waals surface area contributed by atoms with Gasteiger partial charge in [-0.1, -0.05) is 22.0 Å². The van der Waals surface area contributed by atoms with Gasteiger partial charge in [-0.15, -0.1) is 0 Å². The molecular weight excluding hydrogens is 342 g/mol. The molecule has 2 aromatic rings. The summed E-state index contributed by atoms with van der Waals surface area (Å²) in [7, 11) is -1.65. The van der Waals surface area contributed by atoms with Crippen molar-refractivity contribution < 1.29 is 8.42 Å². The number of nitrogens with one attached hydrogen (secondary N) is 1. The minimum atomic E-state index is -3.49. The number of halogens is 1. The van der Waals surface area contributed by atoms with E-state index in [0.717, 1.165) is 15.7 Å². The van der Waals surface area contributed by atoms with Crippen molar-refractivity contribution in [1.29, 1.82) is 0 Å². The molecule has 0 aliphatic heterocycles. The van der Waals surface area contributed by atoms with Crippen LogP contribution in [0.2, 0.25) is 0 Å². The molecule has 0 fully saturated rings. The molecule has 108 valence electrons. The molecule has 1 aromatic carbocycles. The van der Waals surface area contributed by atoms with Gasteiger partial charge in [0.15, 0.2) is 0 Å². The monoisotopic (exact) mass is 357 g/mol. The number of sulfonamides is 1. The topological polar surface area (TPSA) is 64.0 Å². The van der Waals surface area contributed by atoms with Gasteiger partial charge in [0.2, 0.25) is 10.0 Å². The Kier molecular flexibility index (Phi) is 4.62. The van der Waals surface area contributed by atoms with Crippen molar-refractivity contribution in [2.75, 3.05) is 6.54 Å². The highest BCUT2D eigenvalue weighted by atomic mass is 79.9. The third-order valence-corrected chi connectivity index (χ3v) is 5.13. The molecule has 5 nitrogen and oxygen atoms in total. The summed E-state index contributed by atoms with van der Waals surface area (Å²) in [6.07, 6.45) is 2.30. The molecule has 0 saturated carbocycles. The van der Waals surface area contributed by atoms with Crippen molar-refractivity contribution in [3.05, 3.63) is 46.2 Å². The minimum Gasteiger partial charge on any atom is -0.273 e. The van der Waals surface area contributed by atoms with Gasteiger partial charge in [0.05, 0.1) is 4.90 Å². The van der Waals surface area contributed by atoms with Crippen LogP contribution in [0, 0.1) is 6.92 Å². The zero-order valence-electron chi connectivity index (χ0n) is 11.3. The minimum absolute atomic E-state index is 0.303. The Morgan fingerprint density at radius 3 is 2.75 bits per heavy atom. The van der Waals surface area contributed by atoms with E-state index < -0.39 is 10.0 Å². The summed E-state index contributed by atoms with van der Waals surface area (Å²) in [4.78, 5) is 0.303. The second kappa shape index (κ2) is 6.07. The smallest absolute Gasteiger partial charge is 0.240 e. The highest BCUT2D eigenvalue weighted by molar-refractivity contribution is 9.10. The number of rotatable bonds is 5. The van der Waals surface area contributed by atoms with E-state index >= 15 is 0 Å². The quantitative estimate of drug-likeness (QED) is 0.889. The molecule has 1 N–H and O–H groups in total. The lowest BCUT2D eigenvalue weighted by Gasteiger charge is -2.10. The van der Waals surface area contributed by atoms with Crippen LogP contribution in [0.4, 0.5) is 0 Å². The maximum absolute atomic E-state index is 12.3. The van der Waals surface area contributed by atoms with Gasteiger partial charge >= 0.3 is 0 Å². The molecule has 0 radical (unpaired) electrons. The molecule has 0 saturated heterocycles. The van der Waals surface area contributed by atoms with E-state index in [0.29, 0.717) is 17.9 Å². The highest BCUT2D eigenvalue weighted by Gasteiger charge is 2.16. The molecule has 7 heteroatoms. The summed E-state index contributed by atoms with van der Waals surface area (Å²) in [5.41, 5.74) is 1.71. The first-order valence-electron chi connectivity index (χ1n) is 6.13. The third-order valence-electron chi connectivity index (χ3n) is 3.04. The summed E-state index contributed by atoms with van der Waals surface area (Å²) < 4.78 is 29.6. The van der Waals surface area contributed by atoms with Crippen molar-refractivity contribution in [3.63, 3.8) is 0 Å². The van der Waals surface area contributed by atoms with Crippen LogP contribution in [0.15, 0.2) is 39.8 Å². The van der Waals surface area contributed by atoms with E-state index in [4.69, 9.17) is 0 Å². The van der Waals surface area contributed by atoms with E-state index in [1.165, 1.54) is 0 Å². The average Bonchev–Trinajstić information content (AvgIpc) is 2.78. The Morgan fingerprint density at radius 2 is 2.10 bits per heavy atom. The molecular formula is C13H16BrN3O2S. The molecule has 0 unspecified atom stereocenters. The summed E-state index contributed by atoms with van der Waals surface area (Å²) in [6, 6.07) is 7.09. The van der Waals surface area contributed by atoms with Gasteiger partial charge < -0.3 is 0 Å². The predicted octanol–water partition coefficient (Wildman–Crippen LogP) is 2.01. The number of aryl methyl sites for hydroxylation is 2. The number of hydrogen-bond donors (Lipinski definition) is 1. The van der Waals surface area contributed by atoms with Crippen molar-refractivity contribution >= 4 is 26.0 Å². The number of benzene rings is 1. The van der Waals surface area contributed by atoms with Crippen LogP contribution in [0.1, 0.15) is 11.3 Å². The second-order valence-corrected chi connectivity index (χ2v) is 7.15.